The number of aliphatic hydroxyl groups is 1. The van der Waals surface area contributed by atoms with Crippen LogP contribution in [0.25, 0.3) is 10.4 Å². The summed E-state index contributed by atoms with van der Waals surface area (Å²) in [5, 5.41) is 10.2. The van der Waals surface area contributed by atoms with Crippen LogP contribution in [0.4, 0.5) is 0 Å². The number of fused-ring (bicyclic) bond motifs is 3. The maximum atomic E-state index is 13.7. The van der Waals surface area contributed by atoms with Crippen LogP contribution in [-0.2, 0) is 28.9 Å². The zero-order valence-corrected chi connectivity index (χ0v) is 22.4. The zero-order valence-electron chi connectivity index (χ0n) is 20.7. The van der Waals surface area contributed by atoms with E-state index in [9.17, 15) is 27.9 Å². The fraction of sp³-hybridized carbons (Fsp3) is 0.360. The molecule has 5 heterocycles. The van der Waals surface area contributed by atoms with Crippen molar-refractivity contribution in [1.29, 1.82) is 0 Å². The van der Waals surface area contributed by atoms with Crippen molar-refractivity contribution in [2.75, 3.05) is 6.26 Å². The highest BCUT2D eigenvalue weighted by atomic mass is 32.2. The minimum Gasteiger partial charge on any atom is -0.417 e. The van der Waals surface area contributed by atoms with E-state index in [2.05, 4.69) is 4.98 Å². The standard InChI is InChI=1S/C25H23N3O8S2/c1-10-16(15-9-27-12(3)26-20(22(27)37-15)38(4,33)34)19(28-18(10)17(11(2)29)21(28)30)24(32)36-25-14-8-6-5-7-13(14)23(31)35-25/h5-11,17-18,25,29H,1-4H3/t10?,11-,17-,18+,25?/m1/s1. The number of carbonyl (C=O) groups is 3. The molecule has 3 aliphatic rings. The third-order valence-corrected chi connectivity index (χ3v) is 9.56. The van der Waals surface area contributed by atoms with Crippen molar-refractivity contribution in [1.82, 2.24) is 14.3 Å². The van der Waals surface area contributed by atoms with Crippen molar-refractivity contribution in [3.63, 3.8) is 0 Å². The van der Waals surface area contributed by atoms with E-state index in [1.54, 1.807) is 41.8 Å². The number of imidazole rings is 1. The highest BCUT2D eigenvalue weighted by molar-refractivity contribution is 7.91. The number of cyclic esters (lactones) is 1. The van der Waals surface area contributed by atoms with Gasteiger partial charge in [-0.2, -0.15) is 0 Å². The summed E-state index contributed by atoms with van der Waals surface area (Å²) in [6, 6.07) is 6.06. The van der Waals surface area contributed by atoms with Gasteiger partial charge in [0.05, 0.1) is 28.5 Å². The predicted molar refractivity (Wildman–Crippen MR) is 133 cm³/mol. The van der Waals surface area contributed by atoms with Gasteiger partial charge < -0.3 is 19.5 Å². The molecule has 3 aromatic rings. The number of aromatic nitrogens is 2. The Balaban J connectivity index is 1.47. The molecular weight excluding hydrogens is 534 g/mol. The number of hydrogen-bond acceptors (Lipinski definition) is 10. The maximum Gasteiger partial charge on any atom is 0.358 e. The molecule has 1 N–H and O–H groups in total. The Labute approximate surface area is 221 Å². The van der Waals surface area contributed by atoms with Crippen LogP contribution in [0.3, 0.4) is 0 Å². The minimum absolute atomic E-state index is 0.0131. The van der Waals surface area contributed by atoms with Crippen molar-refractivity contribution in [2.45, 2.75) is 44.2 Å². The second-order valence-electron chi connectivity index (χ2n) is 9.75. The van der Waals surface area contributed by atoms with Gasteiger partial charge in [0, 0.05) is 29.5 Å². The normalized spacial score (nSPS) is 25.3. The number of rotatable bonds is 5. The number of aryl methyl sites for hydroxylation is 1. The Hall–Kier alpha value is -3.55. The molecule has 1 aromatic carbocycles. The molecule has 0 saturated carbocycles. The Morgan fingerprint density at radius 3 is 2.66 bits per heavy atom. The first-order valence-electron chi connectivity index (χ1n) is 11.8. The van der Waals surface area contributed by atoms with E-state index in [4.69, 9.17) is 9.47 Å². The van der Waals surface area contributed by atoms with Crippen LogP contribution in [-0.4, -0.2) is 64.1 Å². The molecule has 198 valence electrons. The molecule has 3 aliphatic heterocycles. The summed E-state index contributed by atoms with van der Waals surface area (Å²) >= 11 is 1.14. The van der Waals surface area contributed by atoms with E-state index >= 15 is 0 Å². The highest BCUT2D eigenvalue weighted by Gasteiger charge is 2.60. The van der Waals surface area contributed by atoms with Crippen LogP contribution in [0.5, 0.6) is 0 Å². The van der Waals surface area contributed by atoms with E-state index in [1.165, 1.54) is 11.8 Å². The topological polar surface area (TPSA) is 145 Å². The van der Waals surface area contributed by atoms with Gasteiger partial charge in [-0.1, -0.05) is 25.1 Å². The molecule has 2 aromatic heterocycles. The predicted octanol–water partition coefficient (Wildman–Crippen LogP) is 2.09. The van der Waals surface area contributed by atoms with Gasteiger partial charge >= 0.3 is 11.9 Å². The molecule has 38 heavy (non-hydrogen) atoms. The number of sulfone groups is 1. The van der Waals surface area contributed by atoms with Gasteiger partial charge in [0.25, 0.3) is 6.29 Å². The molecule has 2 unspecified atom stereocenters. The molecule has 0 spiro atoms. The molecule has 1 fully saturated rings. The van der Waals surface area contributed by atoms with Gasteiger partial charge in [0.1, 0.15) is 16.4 Å². The molecule has 11 nitrogen and oxygen atoms in total. The average Bonchev–Trinajstić information content (AvgIpc) is 3.54. The van der Waals surface area contributed by atoms with Gasteiger partial charge in [-0.25, -0.2) is 23.0 Å². The van der Waals surface area contributed by atoms with Crippen LogP contribution in [0.1, 0.15) is 46.8 Å². The molecule has 1 saturated heterocycles. The molecule has 13 heteroatoms. The zero-order chi connectivity index (χ0) is 27.3. The van der Waals surface area contributed by atoms with Gasteiger partial charge in [-0.05, 0) is 19.9 Å². The number of hydrogen-bond donors (Lipinski definition) is 1. The molecule has 5 atom stereocenters. The van der Waals surface area contributed by atoms with Crippen molar-refractivity contribution in [3.8, 4) is 0 Å². The lowest BCUT2D eigenvalue weighted by molar-refractivity contribution is -0.173. The van der Waals surface area contributed by atoms with Crippen molar-refractivity contribution in [3.05, 3.63) is 58.0 Å². The number of thiazole rings is 1. The van der Waals surface area contributed by atoms with Gasteiger partial charge in [-0.3, -0.25) is 9.20 Å². The summed E-state index contributed by atoms with van der Waals surface area (Å²) in [4.78, 5) is 45.5. The molecule has 0 radical (unpaired) electrons. The molecule has 6 rings (SSSR count). The Morgan fingerprint density at radius 1 is 1.26 bits per heavy atom. The Bertz CT molecular complexity index is 1700. The third-order valence-electron chi connectivity index (χ3n) is 7.31. The third kappa shape index (κ3) is 3.38. The Morgan fingerprint density at radius 2 is 1.97 bits per heavy atom. The smallest absolute Gasteiger partial charge is 0.358 e. The van der Waals surface area contributed by atoms with Crippen LogP contribution in [0, 0.1) is 18.8 Å². The second-order valence-corrected chi connectivity index (χ2v) is 12.7. The number of benzene rings is 1. The van der Waals surface area contributed by atoms with E-state index in [0.29, 0.717) is 26.7 Å². The highest BCUT2D eigenvalue weighted by Crippen LogP contribution is 2.52. The number of nitrogens with zero attached hydrogens (tertiary/aromatic N) is 3. The van der Waals surface area contributed by atoms with Gasteiger partial charge in [0.15, 0.2) is 14.9 Å². The first-order chi connectivity index (χ1) is 17.9. The van der Waals surface area contributed by atoms with Crippen molar-refractivity contribution in [2.24, 2.45) is 11.8 Å². The first-order valence-corrected chi connectivity index (χ1v) is 14.6. The fourth-order valence-electron chi connectivity index (χ4n) is 5.59. The van der Waals surface area contributed by atoms with Crippen LogP contribution >= 0.6 is 11.3 Å². The lowest BCUT2D eigenvalue weighted by Crippen LogP contribution is -2.63. The largest absolute Gasteiger partial charge is 0.417 e. The number of esters is 2. The SMILES string of the molecule is Cc1nc(S(C)(=O)=O)c2sc(C3=C(C(=O)OC4OC(=O)c5ccccc54)N4C(=O)[C@H]([C@@H](C)O)[C@@H]4C3C)cn12. The van der Waals surface area contributed by atoms with Crippen molar-refractivity contribution >= 4 is 49.4 Å². The average molecular weight is 558 g/mol. The fourth-order valence-corrected chi connectivity index (χ4v) is 8.06. The van der Waals surface area contributed by atoms with Crippen LogP contribution < -0.4 is 0 Å². The molecular formula is C25H23N3O8S2. The monoisotopic (exact) mass is 557 g/mol. The number of aliphatic hydroxyl groups excluding tert-OH is 1. The molecule has 0 aliphatic carbocycles. The lowest BCUT2D eigenvalue weighted by atomic mass is 9.77. The summed E-state index contributed by atoms with van der Waals surface area (Å²) in [5.74, 6) is -2.54. The van der Waals surface area contributed by atoms with Gasteiger partial charge in [-0.15, -0.1) is 11.3 Å². The first kappa shape index (κ1) is 24.8. The second kappa shape index (κ2) is 8.22. The van der Waals surface area contributed by atoms with Gasteiger partial charge in [0.2, 0.25) is 5.91 Å². The van der Waals surface area contributed by atoms with E-state index in [-0.39, 0.29) is 22.2 Å². The maximum absolute atomic E-state index is 13.7. The Kier molecular flexibility index (Phi) is 5.36. The number of carbonyl (C=O) groups excluding carboxylic acids is 3. The minimum atomic E-state index is -3.62. The quantitative estimate of drug-likeness (QED) is 0.368. The number of β-lactam (4-membered cyclic amide) rings is 1. The van der Waals surface area contributed by atoms with E-state index in [1.807, 2.05) is 6.92 Å². The summed E-state index contributed by atoms with van der Waals surface area (Å²) in [5.41, 5.74) is 1.16. The summed E-state index contributed by atoms with van der Waals surface area (Å²) in [6.07, 6.45) is 0.551. The van der Waals surface area contributed by atoms with Crippen LogP contribution in [0.2, 0.25) is 0 Å². The molecule has 0 bridgehead atoms. The summed E-state index contributed by atoms with van der Waals surface area (Å²) in [7, 11) is -3.62. The van der Waals surface area contributed by atoms with E-state index in [0.717, 1.165) is 17.6 Å². The molecule has 1 amide bonds. The number of amides is 1. The van der Waals surface area contributed by atoms with Crippen molar-refractivity contribution < 1.29 is 37.4 Å². The summed E-state index contributed by atoms with van der Waals surface area (Å²) in [6.45, 7) is 5.05. The lowest BCUT2D eigenvalue weighted by Gasteiger charge is -2.46. The van der Waals surface area contributed by atoms with Crippen LogP contribution in [0.15, 0.2) is 41.2 Å². The van der Waals surface area contributed by atoms with E-state index < -0.39 is 52.0 Å². The summed E-state index contributed by atoms with van der Waals surface area (Å²) < 4.78 is 37.2. The number of ether oxygens (including phenoxy) is 2.